The smallest absolute Gasteiger partial charge is 0.241 e. The highest BCUT2D eigenvalue weighted by Gasteiger charge is 2.36. The van der Waals surface area contributed by atoms with Gasteiger partial charge in [-0.3, -0.25) is 14.5 Å². The number of amides is 1. The number of nitrogens with two attached hydrogens (primary N) is 1. The Morgan fingerprint density at radius 2 is 2.04 bits per heavy atom. The second-order valence-corrected chi connectivity index (χ2v) is 7.16. The van der Waals surface area contributed by atoms with Crippen molar-refractivity contribution in [2.45, 2.75) is 46.2 Å². The first kappa shape index (κ1) is 20.6. The summed E-state index contributed by atoms with van der Waals surface area (Å²) in [5.74, 6) is -0.0714. The highest BCUT2D eigenvalue weighted by Crippen LogP contribution is 2.29. The van der Waals surface area contributed by atoms with Crippen LogP contribution in [0.3, 0.4) is 0 Å². The third-order valence-electron chi connectivity index (χ3n) is 4.81. The zero-order valence-corrected chi connectivity index (χ0v) is 15.7. The Labute approximate surface area is 150 Å². The first-order chi connectivity index (χ1) is 10.7. The zero-order valence-electron chi connectivity index (χ0n) is 14.8. The van der Waals surface area contributed by atoms with Gasteiger partial charge in [0, 0.05) is 30.4 Å². The SMILES string of the molecule is CC(=O)c1cccc(NC(=O)C(C)N2CCC(N)C(C)(C)C2)c1.Cl. The van der Waals surface area contributed by atoms with Gasteiger partial charge in [0.2, 0.25) is 5.91 Å². The summed E-state index contributed by atoms with van der Waals surface area (Å²) in [4.78, 5) is 26.1. The molecule has 0 radical (unpaired) electrons. The third-order valence-corrected chi connectivity index (χ3v) is 4.81. The van der Waals surface area contributed by atoms with E-state index in [9.17, 15) is 9.59 Å². The molecule has 1 aromatic rings. The zero-order chi connectivity index (χ0) is 17.2. The van der Waals surface area contributed by atoms with Gasteiger partial charge in [-0.1, -0.05) is 26.0 Å². The Hall–Kier alpha value is -1.43. The van der Waals surface area contributed by atoms with Gasteiger partial charge in [-0.25, -0.2) is 0 Å². The molecule has 0 bridgehead atoms. The third kappa shape index (κ3) is 4.79. The number of nitrogens with one attached hydrogen (secondary N) is 1. The number of piperidine rings is 1. The van der Waals surface area contributed by atoms with E-state index in [2.05, 4.69) is 24.1 Å². The van der Waals surface area contributed by atoms with Crippen LogP contribution in [0.5, 0.6) is 0 Å². The fourth-order valence-corrected chi connectivity index (χ4v) is 2.97. The highest BCUT2D eigenvalue weighted by molar-refractivity contribution is 5.98. The number of Topliss-reactive ketones (excluding diaryl/α,β-unsaturated/α-hetero) is 1. The first-order valence-corrected chi connectivity index (χ1v) is 8.12. The van der Waals surface area contributed by atoms with Crippen LogP contribution in [-0.2, 0) is 4.79 Å². The largest absolute Gasteiger partial charge is 0.327 e. The lowest BCUT2D eigenvalue weighted by Crippen LogP contribution is -2.56. The van der Waals surface area contributed by atoms with Gasteiger partial charge < -0.3 is 11.1 Å². The maximum absolute atomic E-state index is 12.5. The molecule has 1 saturated heterocycles. The number of carbonyl (C=O) groups is 2. The highest BCUT2D eigenvalue weighted by atomic mass is 35.5. The summed E-state index contributed by atoms with van der Waals surface area (Å²) in [7, 11) is 0. The Kier molecular flexibility index (Phi) is 6.96. The van der Waals surface area contributed by atoms with Crippen molar-refractivity contribution in [2.75, 3.05) is 18.4 Å². The summed E-state index contributed by atoms with van der Waals surface area (Å²) in [5, 5.41) is 2.91. The molecule has 134 valence electrons. The second kappa shape index (κ2) is 8.10. The van der Waals surface area contributed by atoms with Crippen molar-refractivity contribution >= 4 is 29.8 Å². The van der Waals surface area contributed by atoms with E-state index in [4.69, 9.17) is 5.73 Å². The number of hydrogen-bond acceptors (Lipinski definition) is 4. The van der Waals surface area contributed by atoms with E-state index in [1.807, 2.05) is 6.92 Å². The molecule has 6 heteroatoms. The van der Waals surface area contributed by atoms with Gasteiger partial charge in [-0.2, -0.15) is 0 Å². The van der Waals surface area contributed by atoms with E-state index in [1.54, 1.807) is 24.3 Å². The number of halogens is 1. The molecule has 1 fully saturated rings. The summed E-state index contributed by atoms with van der Waals surface area (Å²) >= 11 is 0. The number of anilines is 1. The molecule has 3 N–H and O–H groups in total. The molecule has 0 aromatic heterocycles. The van der Waals surface area contributed by atoms with Crippen LogP contribution in [0, 0.1) is 5.41 Å². The van der Waals surface area contributed by atoms with Crippen molar-refractivity contribution in [1.29, 1.82) is 0 Å². The average molecular weight is 354 g/mol. The monoisotopic (exact) mass is 353 g/mol. The van der Waals surface area contributed by atoms with Crippen LogP contribution in [0.1, 0.15) is 44.5 Å². The summed E-state index contributed by atoms with van der Waals surface area (Å²) in [5.41, 5.74) is 7.41. The maximum Gasteiger partial charge on any atom is 0.241 e. The lowest BCUT2D eigenvalue weighted by molar-refractivity contribution is -0.122. The first-order valence-electron chi connectivity index (χ1n) is 8.12. The number of ketones is 1. The topological polar surface area (TPSA) is 75.4 Å². The minimum Gasteiger partial charge on any atom is -0.327 e. The van der Waals surface area contributed by atoms with Gasteiger partial charge in [0.25, 0.3) is 0 Å². The van der Waals surface area contributed by atoms with Gasteiger partial charge in [-0.15, -0.1) is 12.4 Å². The molecule has 2 unspecified atom stereocenters. The van der Waals surface area contributed by atoms with E-state index >= 15 is 0 Å². The fourth-order valence-electron chi connectivity index (χ4n) is 2.97. The number of hydrogen-bond donors (Lipinski definition) is 2. The van der Waals surface area contributed by atoms with Crippen molar-refractivity contribution < 1.29 is 9.59 Å². The molecule has 0 spiro atoms. The molecule has 24 heavy (non-hydrogen) atoms. The number of likely N-dealkylation sites (tertiary alicyclic amines) is 1. The maximum atomic E-state index is 12.5. The van der Waals surface area contributed by atoms with Gasteiger partial charge in [-0.05, 0) is 37.8 Å². The normalized spacial score (nSPS) is 21.5. The molecule has 0 aliphatic carbocycles. The molecule has 1 heterocycles. The van der Waals surface area contributed by atoms with Gasteiger partial charge in [0.15, 0.2) is 5.78 Å². The molecular weight excluding hydrogens is 326 g/mol. The summed E-state index contributed by atoms with van der Waals surface area (Å²) in [6.45, 7) is 9.35. The van der Waals surface area contributed by atoms with Crippen LogP contribution in [0.2, 0.25) is 0 Å². The standard InChI is InChI=1S/C18H27N3O2.ClH/c1-12(21-9-8-16(19)18(3,4)11-21)17(23)20-15-7-5-6-14(10-15)13(2)22;/h5-7,10,12,16H,8-9,11,19H2,1-4H3,(H,20,23);1H. The van der Waals surface area contributed by atoms with Crippen molar-refractivity contribution in [3.05, 3.63) is 29.8 Å². The lowest BCUT2D eigenvalue weighted by Gasteiger charge is -2.44. The summed E-state index contributed by atoms with van der Waals surface area (Å²) in [6.07, 6.45) is 0.893. The van der Waals surface area contributed by atoms with Crippen LogP contribution in [0.15, 0.2) is 24.3 Å². The van der Waals surface area contributed by atoms with E-state index in [0.29, 0.717) is 11.3 Å². The van der Waals surface area contributed by atoms with Crippen molar-refractivity contribution in [3.8, 4) is 0 Å². The Bertz CT molecular complexity index is 604. The van der Waals surface area contributed by atoms with E-state index in [1.165, 1.54) is 6.92 Å². The van der Waals surface area contributed by atoms with Crippen LogP contribution < -0.4 is 11.1 Å². The fraction of sp³-hybridized carbons (Fsp3) is 0.556. The molecule has 5 nitrogen and oxygen atoms in total. The summed E-state index contributed by atoms with van der Waals surface area (Å²) < 4.78 is 0. The second-order valence-electron chi connectivity index (χ2n) is 7.16. The van der Waals surface area contributed by atoms with E-state index in [0.717, 1.165) is 19.5 Å². The number of benzene rings is 1. The van der Waals surface area contributed by atoms with Crippen molar-refractivity contribution in [1.82, 2.24) is 4.90 Å². The predicted octanol–water partition coefficient (Wildman–Crippen LogP) is 2.70. The number of rotatable bonds is 4. The Morgan fingerprint density at radius 3 is 2.62 bits per heavy atom. The minimum atomic E-state index is -0.234. The molecule has 0 saturated carbocycles. The van der Waals surface area contributed by atoms with Crippen LogP contribution >= 0.6 is 12.4 Å². The van der Waals surface area contributed by atoms with E-state index in [-0.39, 0.29) is 41.6 Å². The van der Waals surface area contributed by atoms with Crippen LogP contribution in [0.4, 0.5) is 5.69 Å². The van der Waals surface area contributed by atoms with Gasteiger partial charge >= 0.3 is 0 Å². The quantitative estimate of drug-likeness (QED) is 0.816. The molecule has 2 rings (SSSR count). The van der Waals surface area contributed by atoms with E-state index < -0.39 is 0 Å². The number of nitrogens with zero attached hydrogens (tertiary/aromatic N) is 1. The van der Waals surface area contributed by atoms with Crippen molar-refractivity contribution in [2.24, 2.45) is 11.1 Å². The lowest BCUT2D eigenvalue weighted by atomic mass is 9.79. The Morgan fingerprint density at radius 1 is 1.38 bits per heavy atom. The van der Waals surface area contributed by atoms with Crippen LogP contribution in [0.25, 0.3) is 0 Å². The van der Waals surface area contributed by atoms with Crippen LogP contribution in [-0.4, -0.2) is 41.8 Å². The van der Waals surface area contributed by atoms with Gasteiger partial charge in [0.05, 0.1) is 6.04 Å². The van der Waals surface area contributed by atoms with Gasteiger partial charge in [0.1, 0.15) is 0 Å². The molecule has 1 aromatic carbocycles. The number of carbonyl (C=O) groups excluding carboxylic acids is 2. The average Bonchev–Trinajstić information content (AvgIpc) is 2.49. The predicted molar refractivity (Wildman–Crippen MR) is 99.7 cm³/mol. The van der Waals surface area contributed by atoms with Crippen molar-refractivity contribution in [3.63, 3.8) is 0 Å². The molecular formula is C18H28ClN3O2. The molecule has 1 aliphatic rings. The molecule has 1 amide bonds. The molecule has 2 atom stereocenters. The summed E-state index contributed by atoms with van der Waals surface area (Å²) in [6, 6.07) is 6.97. The minimum absolute atomic E-state index is 0. The Balaban J connectivity index is 0.00000288. The molecule has 1 aliphatic heterocycles.